The summed E-state index contributed by atoms with van der Waals surface area (Å²) in [6.07, 6.45) is 1.57. The number of carbonyl (C=O) groups excluding carboxylic acids is 1. The summed E-state index contributed by atoms with van der Waals surface area (Å²) in [5.41, 5.74) is 1.83. The number of ether oxygens (including phenoxy) is 3. The van der Waals surface area contributed by atoms with E-state index in [4.69, 9.17) is 14.2 Å². The SMILES string of the molecule is CN(CCOc1ccccc1)Cc1cc2c(cc1N(CCO)C(=O)c1ccccn1)OCO2. The predicted molar refractivity (Wildman–Crippen MR) is 124 cm³/mol. The average molecular weight is 450 g/mol. The highest BCUT2D eigenvalue weighted by Gasteiger charge is 2.25. The summed E-state index contributed by atoms with van der Waals surface area (Å²) in [7, 11) is 1.99. The van der Waals surface area contributed by atoms with Crippen molar-refractivity contribution in [2.24, 2.45) is 0 Å². The van der Waals surface area contributed by atoms with Gasteiger partial charge in [-0.25, -0.2) is 0 Å². The second kappa shape index (κ2) is 10.8. The van der Waals surface area contributed by atoms with Gasteiger partial charge in [0.25, 0.3) is 5.91 Å². The molecule has 4 rings (SSSR count). The van der Waals surface area contributed by atoms with Crippen LogP contribution in [0, 0.1) is 0 Å². The first-order chi connectivity index (χ1) is 16.2. The Kier molecular flexibility index (Phi) is 7.39. The lowest BCUT2D eigenvalue weighted by molar-refractivity contribution is 0.0975. The molecular weight excluding hydrogens is 422 g/mol. The molecule has 0 radical (unpaired) electrons. The smallest absolute Gasteiger partial charge is 0.276 e. The molecule has 1 amide bonds. The van der Waals surface area contributed by atoms with Crippen molar-refractivity contribution in [2.45, 2.75) is 6.54 Å². The van der Waals surface area contributed by atoms with Crippen molar-refractivity contribution in [1.82, 2.24) is 9.88 Å². The van der Waals surface area contributed by atoms with E-state index in [0.29, 0.717) is 42.6 Å². The largest absolute Gasteiger partial charge is 0.492 e. The van der Waals surface area contributed by atoms with Crippen LogP contribution in [0.15, 0.2) is 66.9 Å². The Bertz CT molecular complexity index is 1060. The molecule has 0 saturated heterocycles. The minimum absolute atomic E-state index is 0.128. The first-order valence-electron chi connectivity index (χ1n) is 10.8. The van der Waals surface area contributed by atoms with E-state index in [9.17, 15) is 9.90 Å². The number of nitrogens with zero attached hydrogens (tertiary/aromatic N) is 3. The molecule has 1 aromatic heterocycles. The maximum atomic E-state index is 13.2. The standard InChI is InChI=1S/C25H27N3O5/c1-27(12-14-31-20-7-3-2-4-8-20)17-19-15-23-24(33-18-32-23)16-22(19)28(11-13-29)25(30)21-9-5-6-10-26-21/h2-10,15-16,29H,11-14,17-18H2,1H3. The summed E-state index contributed by atoms with van der Waals surface area (Å²) in [6.45, 7) is 1.81. The third-order valence-electron chi connectivity index (χ3n) is 5.24. The van der Waals surface area contributed by atoms with Gasteiger partial charge in [-0.05, 0) is 42.9 Å². The Morgan fingerprint density at radius 1 is 1.06 bits per heavy atom. The summed E-state index contributed by atoms with van der Waals surface area (Å²) in [4.78, 5) is 21.1. The number of carbonyl (C=O) groups is 1. The summed E-state index contributed by atoms with van der Waals surface area (Å²) in [5.74, 6) is 1.74. The lowest BCUT2D eigenvalue weighted by Gasteiger charge is -2.26. The molecule has 0 unspecified atom stereocenters. The fourth-order valence-electron chi connectivity index (χ4n) is 3.62. The number of anilines is 1. The lowest BCUT2D eigenvalue weighted by Crippen LogP contribution is -2.35. The number of aliphatic hydroxyl groups excluding tert-OH is 1. The highest BCUT2D eigenvalue weighted by Crippen LogP contribution is 2.39. The Hall–Kier alpha value is -3.62. The first kappa shape index (κ1) is 22.6. The van der Waals surface area contributed by atoms with E-state index < -0.39 is 0 Å². The van der Waals surface area contributed by atoms with Crippen LogP contribution >= 0.6 is 0 Å². The molecule has 2 aromatic carbocycles. The number of amides is 1. The zero-order valence-corrected chi connectivity index (χ0v) is 18.5. The first-order valence-corrected chi connectivity index (χ1v) is 10.8. The van der Waals surface area contributed by atoms with E-state index in [2.05, 4.69) is 9.88 Å². The van der Waals surface area contributed by atoms with Gasteiger partial charge in [0.2, 0.25) is 6.79 Å². The molecule has 3 aromatic rings. The molecular formula is C25H27N3O5. The van der Waals surface area contributed by atoms with E-state index in [0.717, 1.165) is 11.3 Å². The molecule has 2 heterocycles. The molecule has 1 aliphatic rings. The molecule has 0 bridgehead atoms. The van der Waals surface area contributed by atoms with E-state index in [1.165, 1.54) is 4.90 Å². The van der Waals surface area contributed by atoms with Gasteiger partial charge in [0, 0.05) is 31.9 Å². The third-order valence-corrected chi connectivity index (χ3v) is 5.24. The molecule has 8 nitrogen and oxygen atoms in total. The van der Waals surface area contributed by atoms with Crippen LogP contribution in [0.3, 0.4) is 0 Å². The molecule has 8 heteroatoms. The molecule has 1 N–H and O–H groups in total. The van der Waals surface area contributed by atoms with Gasteiger partial charge in [-0.3, -0.25) is 14.7 Å². The summed E-state index contributed by atoms with van der Waals surface area (Å²) < 4.78 is 16.9. The number of aliphatic hydroxyl groups is 1. The van der Waals surface area contributed by atoms with Crippen LogP contribution in [0.2, 0.25) is 0 Å². The van der Waals surface area contributed by atoms with Gasteiger partial charge >= 0.3 is 0 Å². The quantitative estimate of drug-likeness (QED) is 0.509. The van der Waals surface area contributed by atoms with Crippen LogP contribution in [-0.4, -0.2) is 61.0 Å². The number of aromatic nitrogens is 1. The number of likely N-dealkylation sites (N-methyl/N-ethyl adjacent to an activating group) is 1. The maximum absolute atomic E-state index is 13.2. The van der Waals surface area contributed by atoms with Gasteiger partial charge in [-0.15, -0.1) is 0 Å². The molecule has 172 valence electrons. The van der Waals surface area contributed by atoms with Crippen molar-refractivity contribution in [2.75, 3.05) is 45.0 Å². The highest BCUT2D eigenvalue weighted by atomic mass is 16.7. The van der Waals surface area contributed by atoms with Crippen LogP contribution < -0.4 is 19.1 Å². The third kappa shape index (κ3) is 5.60. The van der Waals surface area contributed by atoms with Gasteiger partial charge in [-0.1, -0.05) is 24.3 Å². The Balaban J connectivity index is 1.54. The van der Waals surface area contributed by atoms with Gasteiger partial charge in [0.1, 0.15) is 18.1 Å². The van der Waals surface area contributed by atoms with Crippen molar-refractivity contribution >= 4 is 11.6 Å². The minimum atomic E-state index is -0.292. The number of rotatable bonds is 10. The van der Waals surface area contributed by atoms with Crippen molar-refractivity contribution in [3.63, 3.8) is 0 Å². The van der Waals surface area contributed by atoms with Crippen molar-refractivity contribution < 1.29 is 24.1 Å². The molecule has 0 saturated carbocycles. The molecule has 0 fully saturated rings. The lowest BCUT2D eigenvalue weighted by atomic mass is 10.1. The predicted octanol–water partition coefficient (Wildman–Crippen LogP) is 2.96. The average Bonchev–Trinajstić information content (AvgIpc) is 3.30. The summed E-state index contributed by atoms with van der Waals surface area (Å²) >= 11 is 0. The van der Waals surface area contributed by atoms with E-state index >= 15 is 0 Å². The number of fused-ring (bicyclic) bond motifs is 1. The van der Waals surface area contributed by atoms with E-state index in [1.807, 2.05) is 43.4 Å². The zero-order chi connectivity index (χ0) is 23.0. The number of para-hydroxylation sites is 1. The van der Waals surface area contributed by atoms with Crippen LogP contribution in [0.1, 0.15) is 16.1 Å². The van der Waals surface area contributed by atoms with Crippen LogP contribution in [-0.2, 0) is 6.54 Å². The van der Waals surface area contributed by atoms with E-state index in [1.54, 1.807) is 30.5 Å². The molecule has 0 spiro atoms. The molecule has 0 atom stereocenters. The Labute approximate surface area is 192 Å². The van der Waals surface area contributed by atoms with E-state index in [-0.39, 0.29) is 25.9 Å². The van der Waals surface area contributed by atoms with Gasteiger partial charge < -0.3 is 24.2 Å². The second-order valence-electron chi connectivity index (χ2n) is 7.63. The van der Waals surface area contributed by atoms with Crippen LogP contribution in [0.5, 0.6) is 17.2 Å². The Morgan fingerprint density at radius 2 is 1.82 bits per heavy atom. The monoisotopic (exact) mass is 449 g/mol. The summed E-state index contributed by atoms with van der Waals surface area (Å²) in [5, 5.41) is 9.69. The number of hydrogen-bond acceptors (Lipinski definition) is 7. The number of hydrogen-bond donors (Lipinski definition) is 1. The van der Waals surface area contributed by atoms with Crippen molar-refractivity contribution in [1.29, 1.82) is 0 Å². The van der Waals surface area contributed by atoms with Gasteiger partial charge in [-0.2, -0.15) is 0 Å². The fourth-order valence-corrected chi connectivity index (χ4v) is 3.62. The topological polar surface area (TPSA) is 84.4 Å². The highest BCUT2D eigenvalue weighted by molar-refractivity contribution is 6.05. The second-order valence-corrected chi connectivity index (χ2v) is 7.63. The molecule has 33 heavy (non-hydrogen) atoms. The molecule has 0 aliphatic carbocycles. The van der Waals surface area contributed by atoms with Gasteiger partial charge in [0.15, 0.2) is 11.5 Å². The normalized spacial score (nSPS) is 12.1. The number of pyridine rings is 1. The van der Waals surface area contributed by atoms with Crippen molar-refractivity contribution in [3.8, 4) is 17.2 Å². The fraction of sp³-hybridized carbons (Fsp3) is 0.280. The van der Waals surface area contributed by atoms with Gasteiger partial charge in [0.05, 0.1) is 12.3 Å². The van der Waals surface area contributed by atoms with Crippen molar-refractivity contribution in [3.05, 3.63) is 78.1 Å². The minimum Gasteiger partial charge on any atom is -0.492 e. The van der Waals surface area contributed by atoms with Crippen LogP contribution in [0.25, 0.3) is 0 Å². The maximum Gasteiger partial charge on any atom is 0.276 e. The molecule has 1 aliphatic heterocycles. The van der Waals surface area contributed by atoms with Crippen LogP contribution in [0.4, 0.5) is 5.69 Å². The zero-order valence-electron chi connectivity index (χ0n) is 18.5. The summed E-state index contributed by atoms with van der Waals surface area (Å²) in [6, 6.07) is 18.5. The number of benzene rings is 2. The Morgan fingerprint density at radius 3 is 2.55 bits per heavy atom.